The van der Waals surface area contributed by atoms with Crippen LogP contribution in [0.1, 0.15) is 23.1 Å². The number of hydrogen-bond donors (Lipinski definition) is 1. The predicted molar refractivity (Wildman–Crippen MR) is 104 cm³/mol. The Morgan fingerprint density at radius 3 is 2.48 bits per heavy atom. The first kappa shape index (κ1) is 19.8. The van der Waals surface area contributed by atoms with Gasteiger partial charge in [0.2, 0.25) is 0 Å². The van der Waals surface area contributed by atoms with Crippen molar-refractivity contribution in [1.82, 2.24) is 5.32 Å². The monoisotopic (exact) mass is 407 g/mol. The summed E-state index contributed by atoms with van der Waals surface area (Å²) in [5.41, 5.74) is 3.51. The average molecular weight is 408 g/mol. The highest BCUT2D eigenvalue weighted by Crippen LogP contribution is 2.34. The van der Waals surface area contributed by atoms with Gasteiger partial charge in [0, 0.05) is 24.7 Å². The molecule has 0 aliphatic rings. The molecular weight excluding hydrogens is 382 g/mol. The van der Waals surface area contributed by atoms with Gasteiger partial charge in [-0.3, -0.25) is 0 Å². The van der Waals surface area contributed by atoms with Crippen molar-refractivity contribution >= 4 is 15.9 Å². The molecule has 0 radical (unpaired) electrons. The van der Waals surface area contributed by atoms with Crippen LogP contribution in [0.15, 0.2) is 40.9 Å². The molecule has 0 unspecified atom stereocenters. The second-order valence-electron chi connectivity index (χ2n) is 5.89. The van der Waals surface area contributed by atoms with Crippen LogP contribution in [0.25, 0.3) is 0 Å². The van der Waals surface area contributed by atoms with Crippen LogP contribution in [0.4, 0.5) is 0 Å². The fourth-order valence-corrected chi connectivity index (χ4v) is 2.86. The largest absolute Gasteiger partial charge is 0.493 e. The van der Waals surface area contributed by atoms with E-state index >= 15 is 0 Å². The van der Waals surface area contributed by atoms with E-state index in [1.54, 1.807) is 14.2 Å². The zero-order valence-corrected chi connectivity index (χ0v) is 16.7. The van der Waals surface area contributed by atoms with Crippen LogP contribution in [0.3, 0.4) is 0 Å². The van der Waals surface area contributed by atoms with Gasteiger partial charge >= 0.3 is 0 Å². The SMILES string of the molecule is COCCCNCc1cc(OC)c(OCc2ccc(C)cc2)cc1Br. The van der Waals surface area contributed by atoms with E-state index in [0.29, 0.717) is 6.61 Å². The lowest BCUT2D eigenvalue weighted by Gasteiger charge is -2.14. The minimum Gasteiger partial charge on any atom is -0.493 e. The van der Waals surface area contributed by atoms with Gasteiger partial charge in [0.25, 0.3) is 0 Å². The molecule has 5 heteroatoms. The van der Waals surface area contributed by atoms with Gasteiger partial charge in [0.15, 0.2) is 11.5 Å². The van der Waals surface area contributed by atoms with Crippen molar-refractivity contribution in [1.29, 1.82) is 0 Å². The van der Waals surface area contributed by atoms with Gasteiger partial charge < -0.3 is 19.5 Å². The third kappa shape index (κ3) is 6.34. The van der Waals surface area contributed by atoms with Gasteiger partial charge in [-0.1, -0.05) is 45.8 Å². The smallest absolute Gasteiger partial charge is 0.162 e. The number of methoxy groups -OCH3 is 2. The fourth-order valence-electron chi connectivity index (χ4n) is 2.39. The van der Waals surface area contributed by atoms with E-state index in [1.165, 1.54) is 5.56 Å². The first-order valence-electron chi connectivity index (χ1n) is 8.38. The number of rotatable bonds is 10. The van der Waals surface area contributed by atoms with Crippen LogP contribution < -0.4 is 14.8 Å². The van der Waals surface area contributed by atoms with Crippen molar-refractivity contribution in [2.45, 2.75) is 26.5 Å². The first-order valence-corrected chi connectivity index (χ1v) is 9.17. The molecule has 2 rings (SSSR count). The Hall–Kier alpha value is -1.56. The maximum atomic E-state index is 5.96. The fraction of sp³-hybridized carbons (Fsp3) is 0.400. The molecule has 2 aromatic carbocycles. The summed E-state index contributed by atoms with van der Waals surface area (Å²) in [6.45, 7) is 5.03. The Bertz CT molecular complexity index is 659. The highest BCUT2D eigenvalue weighted by molar-refractivity contribution is 9.10. The lowest BCUT2D eigenvalue weighted by molar-refractivity contribution is 0.194. The van der Waals surface area contributed by atoms with Crippen molar-refractivity contribution in [2.75, 3.05) is 27.4 Å². The van der Waals surface area contributed by atoms with E-state index in [1.807, 2.05) is 12.1 Å². The van der Waals surface area contributed by atoms with E-state index in [0.717, 1.165) is 53.2 Å². The summed E-state index contributed by atoms with van der Waals surface area (Å²) in [4.78, 5) is 0. The van der Waals surface area contributed by atoms with Gasteiger partial charge in [0.05, 0.1) is 7.11 Å². The lowest BCUT2D eigenvalue weighted by Crippen LogP contribution is -2.16. The molecule has 0 heterocycles. The Morgan fingerprint density at radius 1 is 1.04 bits per heavy atom. The van der Waals surface area contributed by atoms with Gasteiger partial charge in [-0.15, -0.1) is 0 Å². The number of aryl methyl sites for hydroxylation is 1. The van der Waals surface area contributed by atoms with Crippen LogP contribution in [-0.4, -0.2) is 27.4 Å². The van der Waals surface area contributed by atoms with Crippen LogP contribution in [0.2, 0.25) is 0 Å². The molecule has 0 saturated heterocycles. The number of halogens is 1. The molecule has 136 valence electrons. The summed E-state index contributed by atoms with van der Waals surface area (Å²) < 4.78 is 17.5. The zero-order chi connectivity index (χ0) is 18.1. The number of nitrogens with one attached hydrogen (secondary N) is 1. The van der Waals surface area contributed by atoms with Gasteiger partial charge in [0.1, 0.15) is 6.61 Å². The molecular formula is C20H26BrNO3. The highest BCUT2D eigenvalue weighted by atomic mass is 79.9. The molecule has 0 atom stereocenters. The van der Waals surface area contributed by atoms with Crippen molar-refractivity contribution in [3.63, 3.8) is 0 Å². The average Bonchev–Trinajstić information content (AvgIpc) is 2.62. The molecule has 2 aromatic rings. The van der Waals surface area contributed by atoms with Crippen LogP contribution in [0.5, 0.6) is 11.5 Å². The van der Waals surface area contributed by atoms with Gasteiger partial charge in [-0.05, 0) is 43.1 Å². The van der Waals surface area contributed by atoms with Gasteiger partial charge in [-0.25, -0.2) is 0 Å². The zero-order valence-electron chi connectivity index (χ0n) is 15.1. The third-order valence-electron chi connectivity index (χ3n) is 3.87. The molecule has 0 saturated carbocycles. The van der Waals surface area contributed by atoms with Crippen LogP contribution in [-0.2, 0) is 17.9 Å². The molecule has 0 aliphatic carbocycles. The summed E-state index contributed by atoms with van der Waals surface area (Å²) in [5.74, 6) is 1.47. The minimum atomic E-state index is 0.512. The second-order valence-corrected chi connectivity index (χ2v) is 6.75. The predicted octanol–water partition coefficient (Wildman–Crippen LogP) is 4.47. The first-order chi connectivity index (χ1) is 12.1. The number of benzene rings is 2. The van der Waals surface area contributed by atoms with Gasteiger partial charge in [-0.2, -0.15) is 0 Å². The van der Waals surface area contributed by atoms with Crippen LogP contribution >= 0.6 is 15.9 Å². The molecule has 0 fully saturated rings. The Balaban J connectivity index is 1.98. The second kappa shape index (κ2) is 10.4. The highest BCUT2D eigenvalue weighted by Gasteiger charge is 2.10. The lowest BCUT2D eigenvalue weighted by atomic mass is 10.1. The maximum Gasteiger partial charge on any atom is 0.162 e. The molecule has 0 spiro atoms. The van der Waals surface area contributed by atoms with E-state index in [-0.39, 0.29) is 0 Å². The molecule has 0 amide bonds. The van der Waals surface area contributed by atoms with E-state index in [4.69, 9.17) is 14.2 Å². The van der Waals surface area contributed by atoms with E-state index in [2.05, 4.69) is 52.4 Å². The van der Waals surface area contributed by atoms with E-state index < -0.39 is 0 Å². The Kier molecular flexibility index (Phi) is 8.25. The molecule has 0 bridgehead atoms. The summed E-state index contributed by atoms with van der Waals surface area (Å²) in [6, 6.07) is 12.3. The summed E-state index contributed by atoms with van der Waals surface area (Å²) >= 11 is 3.63. The minimum absolute atomic E-state index is 0.512. The quantitative estimate of drug-likeness (QED) is 0.589. The molecule has 1 N–H and O–H groups in total. The van der Waals surface area contributed by atoms with Crippen molar-refractivity contribution in [2.24, 2.45) is 0 Å². The molecule has 25 heavy (non-hydrogen) atoms. The maximum absolute atomic E-state index is 5.96. The summed E-state index contributed by atoms with van der Waals surface area (Å²) in [5, 5.41) is 3.40. The van der Waals surface area contributed by atoms with Crippen molar-refractivity contribution < 1.29 is 14.2 Å². The molecule has 0 aliphatic heterocycles. The van der Waals surface area contributed by atoms with Crippen molar-refractivity contribution in [3.05, 3.63) is 57.6 Å². The number of hydrogen-bond acceptors (Lipinski definition) is 4. The van der Waals surface area contributed by atoms with Crippen LogP contribution in [0, 0.1) is 6.92 Å². The van der Waals surface area contributed by atoms with E-state index in [9.17, 15) is 0 Å². The standard InChI is InChI=1S/C20H26BrNO3/c1-15-5-7-16(8-6-15)14-25-20-12-18(21)17(11-19(20)24-3)13-22-9-4-10-23-2/h5-8,11-12,22H,4,9-10,13-14H2,1-3H3. The summed E-state index contributed by atoms with van der Waals surface area (Å²) in [6.07, 6.45) is 0.989. The molecule has 4 nitrogen and oxygen atoms in total. The Labute approximate surface area is 158 Å². The van der Waals surface area contributed by atoms with Crippen molar-refractivity contribution in [3.8, 4) is 11.5 Å². The number of ether oxygens (including phenoxy) is 3. The molecule has 0 aromatic heterocycles. The normalized spacial score (nSPS) is 10.7. The topological polar surface area (TPSA) is 39.7 Å². The summed E-state index contributed by atoms with van der Waals surface area (Å²) in [7, 11) is 3.38. The Morgan fingerprint density at radius 2 is 1.80 bits per heavy atom. The third-order valence-corrected chi connectivity index (χ3v) is 4.60.